The first kappa shape index (κ1) is 15.1. The van der Waals surface area contributed by atoms with Crippen LogP contribution in [0.15, 0.2) is 34.9 Å². The molecular weight excluding hydrogens is 318 g/mol. The van der Waals surface area contributed by atoms with Crippen LogP contribution in [-0.4, -0.2) is 23.9 Å². The Bertz CT molecular complexity index is 551. The number of benzene rings is 1. The lowest BCUT2D eigenvalue weighted by molar-refractivity contribution is 0.414. The number of aryl methyl sites for hydroxylation is 1. The van der Waals surface area contributed by atoms with Crippen molar-refractivity contribution < 1.29 is 4.74 Å². The van der Waals surface area contributed by atoms with Crippen LogP contribution in [0.4, 0.5) is 0 Å². The molecule has 5 heteroatoms. The van der Waals surface area contributed by atoms with Gasteiger partial charge < -0.3 is 10.1 Å². The van der Waals surface area contributed by atoms with Gasteiger partial charge in [0.15, 0.2) is 0 Å². The molecule has 0 aliphatic rings. The second-order valence-corrected chi connectivity index (χ2v) is 5.44. The van der Waals surface area contributed by atoms with E-state index in [4.69, 9.17) is 4.74 Å². The van der Waals surface area contributed by atoms with Crippen LogP contribution in [-0.2, 0) is 13.0 Å². The maximum Gasteiger partial charge on any atom is 0.118 e. The van der Waals surface area contributed by atoms with Gasteiger partial charge in [-0.2, -0.15) is 5.10 Å². The average molecular weight is 338 g/mol. The van der Waals surface area contributed by atoms with Gasteiger partial charge in [0.25, 0.3) is 0 Å². The third-order valence-electron chi connectivity index (χ3n) is 3.41. The number of hydrogen-bond donors (Lipinski definition) is 1. The van der Waals surface area contributed by atoms with E-state index in [9.17, 15) is 0 Å². The van der Waals surface area contributed by atoms with E-state index in [-0.39, 0.29) is 6.04 Å². The lowest BCUT2D eigenvalue weighted by Crippen LogP contribution is -2.22. The van der Waals surface area contributed by atoms with Gasteiger partial charge in [-0.1, -0.05) is 12.1 Å². The summed E-state index contributed by atoms with van der Waals surface area (Å²) in [5.41, 5.74) is 2.45. The van der Waals surface area contributed by atoms with Crippen molar-refractivity contribution in [1.29, 1.82) is 0 Å². The largest absolute Gasteiger partial charge is 0.497 e. The summed E-state index contributed by atoms with van der Waals surface area (Å²) in [7, 11) is 3.66. The Balaban J connectivity index is 2.21. The van der Waals surface area contributed by atoms with Gasteiger partial charge in [-0.3, -0.25) is 4.68 Å². The molecule has 2 rings (SSSR count). The van der Waals surface area contributed by atoms with Crippen molar-refractivity contribution in [2.45, 2.75) is 25.9 Å². The molecule has 1 N–H and O–H groups in total. The molecular formula is C15H20BrN3O. The molecule has 1 aromatic heterocycles. The van der Waals surface area contributed by atoms with Gasteiger partial charge >= 0.3 is 0 Å². The van der Waals surface area contributed by atoms with Gasteiger partial charge in [-0.15, -0.1) is 0 Å². The summed E-state index contributed by atoms with van der Waals surface area (Å²) in [5, 5.41) is 7.76. The van der Waals surface area contributed by atoms with Crippen LogP contribution in [0.2, 0.25) is 0 Å². The molecule has 0 fully saturated rings. The molecule has 0 saturated carbocycles. The Morgan fingerprint density at radius 3 is 2.60 bits per heavy atom. The molecule has 1 unspecified atom stereocenters. The minimum atomic E-state index is 0.222. The molecule has 0 radical (unpaired) electrons. The number of ether oxygens (including phenoxy) is 1. The number of nitrogens with zero attached hydrogens (tertiary/aromatic N) is 2. The number of halogens is 1. The summed E-state index contributed by atoms with van der Waals surface area (Å²) in [4.78, 5) is 0. The van der Waals surface area contributed by atoms with Crippen molar-refractivity contribution in [1.82, 2.24) is 15.1 Å². The Morgan fingerprint density at radius 2 is 2.05 bits per heavy atom. The molecule has 0 aliphatic heterocycles. The second kappa shape index (κ2) is 6.90. The van der Waals surface area contributed by atoms with Crippen LogP contribution in [0.3, 0.4) is 0 Å². The normalized spacial score (nSPS) is 12.4. The number of rotatable bonds is 6. The molecule has 4 nitrogen and oxygen atoms in total. The lowest BCUT2D eigenvalue weighted by Gasteiger charge is -2.18. The van der Waals surface area contributed by atoms with E-state index in [2.05, 4.69) is 45.4 Å². The highest BCUT2D eigenvalue weighted by atomic mass is 79.9. The van der Waals surface area contributed by atoms with E-state index >= 15 is 0 Å². The highest BCUT2D eigenvalue weighted by Gasteiger charge is 2.18. The van der Waals surface area contributed by atoms with Crippen LogP contribution in [0, 0.1) is 0 Å². The third-order valence-corrected chi connectivity index (χ3v) is 4.02. The molecule has 108 valence electrons. The Labute approximate surface area is 128 Å². The zero-order valence-corrected chi connectivity index (χ0v) is 13.6. The fourth-order valence-electron chi connectivity index (χ4n) is 2.30. The molecule has 0 spiro atoms. The number of aromatic nitrogens is 2. The predicted molar refractivity (Wildman–Crippen MR) is 84.1 cm³/mol. The van der Waals surface area contributed by atoms with Crippen LogP contribution >= 0.6 is 15.9 Å². The predicted octanol–water partition coefficient (Wildman–Crippen LogP) is 3.18. The molecule has 0 aliphatic carbocycles. The van der Waals surface area contributed by atoms with Gasteiger partial charge in [0.05, 0.1) is 29.5 Å². The second-order valence-electron chi connectivity index (χ2n) is 4.59. The monoisotopic (exact) mass is 337 g/mol. The van der Waals surface area contributed by atoms with Crippen molar-refractivity contribution in [3.63, 3.8) is 0 Å². The average Bonchev–Trinajstić information content (AvgIpc) is 2.86. The van der Waals surface area contributed by atoms with Gasteiger partial charge in [-0.05, 0) is 54.0 Å². The fraction of sp³-hybridized carbons (Fsp3) is 0.400. The molecule has 0 amide bonds. The molecule has 0 saturated heterocycles. The Hall–Kier alpha value is -1.33. The third kappa shape index (κ3) is 3.22. The van der Waals surface area contributed by atoms with E-state index in [1.165, 1.54) is 11.3 Å². The SMILES string of the molecule is CCn1ncc(Br)c1C(Cc1ccc(OC)cc1)NC. The zero-order chi connectivity index (χ0) is 14.5. The van der Waals surface area contributed by atoms with Crippen molar-refractivity contribution >= 4 is 15.9 Å². The van der Waals surface area contributed by atoms with Gasteiger partial charge in [0, 0.05) is 6.54 Å². The number of nitrogens with one attached hydrogen (secondary N) is 1. The molecule has 1 atom stereocenters. The smallest absolute Gasteiger partial charge is 0.118 e. The summed E-state index contributed by atoms with van der Waals surface area (Å²) in [6.45, 7) is 2.96. The standard InChI is InChI=1S/C15H20BrN3O/c1-4-19-15(13(16)10-18-19)14(17-2)9-11-5-7-12(20-3)8-6-11/h5-8,10,14,17H,4,9H2,1-3H3. The van der Waals surface area contributed by atoms with Crippen molar-refractivity contribution in [2.24, 2.45) is 0 Å². The van der Waals surface area contributed by atoms with E-state index in [0.29, 0.717) is 0 Å². The molecule has 0 bridgehead atoms. The number of hydrogen-bond acceptors (Lipinski definition) is 3. The van der Waals surface area contributed by atoms with Crippen molar-refractivity contribution in [2.75, 3.05) is 14.2 Å². The summed E-state index contributed by atoms with van der Waals surface area (Å²) < 4.78 is 8.26. The molecule has 20 heavy (non-hydrogen) atoms. The van der Waals surface area contributed by atoms with E-state index in [0.717, 1.165) is 23.2 Å². The fourth-order valence-corrected chi connectivity index (χ4v) is 2.88. The quantitative estimate of drug-likeness (QED) is 0.879. The van der Waals surface area contributed by atoms with Crippen LogP contribution < -0.4 is 10.1 Å². The molecule has 1 heterocycles. The van der Waals surface area contributed by atoms with Crippen LogP contribution in [0.25, 0.3) is 0 Å². The first-order valence-electron chi connectivity index (χ1n) is 6.71. The number of methoxy groups -OCH3 is 1. The zero-order valence-electron chi connectivity index (χ0n) is 12.1. The van der Waals surface area contributed by atoms with Gasteiger partial charge in [0.1, 0.15) is 5.75 Å². The first-order valence-corrected chi connectivity index (χ1v) is 7.50. The summed E-state index contributed by atoms with van der Waals surface area (Å²) in [6.07, 6.45) is 2.77. The lowest BCUT2D eigenvalue weighted by atomic mass is 10.0. The van der Waals surface area contributed by atoms with E-state index in [1.807, 2.05) is 30.1 Å². The summed E-state index contributed by atoms with van der Waals surface area (Å²) in [6, 6.07) is 8.41. The van der Waals surface area contributed by atoms with Crippen LogP contribution in [0.5, 0.6) is 5.75 Å². The van der Waals surface area contributed by atoms with Crippen LogP contribution in [0.1, 0.15) is 24.2 Å². The van der Waals surface area contributed by atoms with Gasteiger partial charge in [-0.25, -0.2) is 0 Å². The minimum absolute atomic E-state index is 0.222. The van der Waals surface area contributed by atoms with E-state index < -0.39 is 0 Å². The van der Waals surface area contributed by atoms with Crippen molar-refractivity contribution in [3.05, 3.63) is 46.2 Å². The maximum atomic E-state index is 5.19. The summed E-state index contributed by atoms with van der Waals surface area (Å²) >= 11 is 3.59. The maximum absolute atomic E-state index is 5.19. The van der Waals surface area contributed by atoms with Gasteiger partial charge in [0.2, 0.25) is 0 Å². The molecule has 2 aromatic rings. The number of likely N-dealkylation sites (N-methyl/N-ethyl adjacent to an activating group) is 1. The first-order chi connectivity index (χ1) is 9.69. The molecule has 1 aromatic carbocycles. The topological polar surface area (TPSA) is 39.1 Å². The highest BCUT2D eigenvalue weighted by molar-refractivity contribution is 9.10. The van der Waals surface area contributed by atoms with E-state index in [1.54, 1.807) is 7.11 Å². The Morgan fingerprint density at radius 1 is 1.35 bits per heavy atom. The minimum Gasteiger partial charge on any atom is -0.497 e. The summed E-state index contributed by atoms with van der Waals surface area (Å²) in [5.74, 6) is 0.884. The Kier molecular flexibility index (Phi) is 5.20. The highest BCUT2D eigenvalue weighted by Crippen LogP contribution is 2.26. The van der Waals surface area contributed by atoms with Crippen molar-refractivity contribution in [3.8, 4) is 5.75 Å².